The fraction of sp³-hybridized carbons (Fsp3) is 1.00. The molecule has 190 valence electrons. The Morgan fingerprint density at radius 2 is 0.967 bits per heavy atom. The lowest BCUT2D eigenvalue weighted by Crippen LogP contribution is -2.10. The Labute approximate surface area is 192 Å². The summed E-state index contributed by atoms with van der Waals surface area (Å²) in [4.78, 5) is 9.17. The summed E-state index contributed by atoms with van der Waals surface area (Å²) >= 11 is 5.27. The molecule has 0 saturated heterocycles. The summed E-state index contributed by atoms with van der Waals surface area (Å²) in [5.74, 6) is 0.833. The maximum absolute atomic E-state index is 11.0. The van der Waals surface area contributed by atoms with Crippen molar-refractivity contribution < 1.29 is 22.5 Å². The first-order valence-electron chi connectivity index (χ1n) is 10.2. The second kappa shape index (κ2) is 28.5. The zero-order chi connectivity index (χ0) is 26.2. The van der Waals surface area contributed by atoms with Crippen LogP contribution in [0.1, 0.15) is 90.0 Å². The van der Waals surface area contributed by atoms with Crippen molar-refractivity contribution in [1.82, 2.24) is 0 Å². The van der Waals surface area contributed by atoms with Crippen molar-refractivity contribution in [3.05, 3.63) is 10.1 Å². The lowest BCUT2D eigenvalue weighted by atomic mass is 10.3. The molecule has 0 N–H and O–H groups in total. The number of halogens is 2. The van der Waals surface area contributed by atoms with Gasteiger partial charge >= 0.3 is 0 Å². The van der Waals surface area contributed by atoms with Gasteiger partial charge in [0.05, 0.1) is 17.5 Å². The smallest absolute Gasteiger partial charge is 0.207 e. The van der Waals surface area contributed by atoms with E-state index in [-0.39, 0.29) is 10.2 Å². The number of alkyl halides is 2. The number of sulfone groups is 1. The maximum atomic E-state index is 11.0. The summed E-state index contributed by atoms with van der Waals surface area (Å²) in [7, 11) is -1.04. The van der Waals surface area contributed by atoms with Gasteiger partial charge in [-0.05, 0) is 61.3 Å². The fourth-order valence-corrected chi connectivity index (χ4v) is 0. The van der Waals surface area contributed by atoms with E-state index in [0.717, 1.165) is 5.92 Å². The zero-order valence-electron chi connectivity index (χ0n) is 22.1. The van der Waals surface area contributed by atoms with E-state index >= 15 is 0 Å². The molecule has 0 heterocycles. The lowest BCUT2D eigenvalue weighted by molar-refractivity contribution is -0.513. The van der Waals surface area contributed by atoms with Crippen molar-refractivity contribution in [1.29, 1.82) is 0 Å². The third-order valence-corrected chi connectivity index (χ3v) is 3.46. The van der Waals surface area contributed by atoms with Crippen LogP contribution in [0.2, 0.25) is 0 Å². The quantitative estimate of drug-likeness (QED) is 0.250. The minimum Gasteiger partial charge on any atom is -0.382 e. The van der Waals surface area contributed by atoms with Crippen LogP contribution in [0.15, 0.2) is 0 Å². The van der Waals surface area contributed by atoms with Crippen LogP contribution in [0.4, 0.5) is 4.39 Å². The minimum absolute atomic E-state index is 0.229. The van der Waals surface area contributed by atoms with Crippen LogP contribution in [0, 0.1) is 16.0 Å². The van der Waals surface area contributed by atoms with Crippen LogP contribution < -0.4 is 0 Å². The van der Waals surface area contributed by atoms with Crippen molar-refractivity contribution >= 4 is 21.4 Å². The third-order valence-electron chi connectivity index (χ3n) is 1.75. The Balaban J connectivity index is -0.0000000585. The van der Waals surface area contributed by atoms with E-state index in [1.54, 1.807) is 34.8 Å². The molecule has 0 fully saturated rings. The molecule has 0 radical (unpaired) electrons. The first-order valence-corrected chi connectivity index (χ1v) is 12.6. The van der Waals surface area contributed by atoms with Crippen molar-refractivity contribution in [2.45, 2.75) is 119 Å². The molecule has 0 bridgehead atoms. The number of methoxy groups -OCH3 is 1. The van der Waals surface area contributed by atoms with E-state index in [2.05, 4.69) is 20.8 Å². The highest BCUT2D eigenvalue weighted by molar-refractivity contribution is 7.91. The first kappa shape index (κ1) is 43.4. The van der Waals surface area contributed by atoms with Crippen LogP contribution >= 0.6 is 11.6 Å². The Hall–Kier alpha value is -0.470. The molecule has 0 amide bonds. The molecular formula is C21H51ClFNO5S. The molecule has 0 atom stereocenters. The van der Waals surface area contributed by atoms with Crippen LogP contribution in [-0.4, -0.2) is 55.7 Å². The summed E-state index contributed by atoms with van der Waals surface area (Å²) < 4.78 is 36.4. The van der Waals surface area contributed by atoms with Gasteiger partial charge in [-0.3, -0.25) is 10.1 Å². The highest BCUT2D eigenvalue weighted by Gasteiger charge is 2.05. The fourth-order valence-electron chi connectivity index (χ4n) is 0. The van der Waals surface area contributed by atoms with Gasteiger partial charge in [0.1, 0.15) is 9.84 Å². The van der Waals surface area contributed by atoms with Gasteiger partial charge in [0.25, 0.3) is 0 Å². The number of nitro groups is 1. The second-order valence-electron chi connectivity index (χ2n) is 8.30. The monoisotopic (exact) mass is 483 g/mol. The van der Waals surface area contributed by atoms with Crippen LogP contribution in [0.25, 0.3) is 0 Å². The first-order chi connectivity index (χ1) is 13.1. The van der Waals surface area contributed by atoms with E-state index in [1.165, 1.54) is 20.1 Å². The average Bonchev–Trinajstić information content (AvgIpc) is 2.45. The molecule has 0 aromatic carbocycles. The zero-order valence-corrected chi connectivity index (χ0v) is 23.7. The topological polar surface area (TPSA) is 86.5 Å². The van der Waals surface area contributed by atoms with Gasteiger partial charge in [-0.1, -0.05) is 20.8 Å². The molecule has 0 aromatic heterocycles. The molecule has 0 spiro atoms. The predicted molar refractivity (Wildman–Crippen MR) is 132 cm³/mol. The van der Waals surface area contributed by atoms with Gasteiger partial charge in [0.2, 0.25) is 6.04 Å². The Kier molecular flexibility index (Phi) is 41.3. The normalized spacial score (nSPS) is 9.97. The minimum atomic E-state index is -2.74. The lowest BCUT2D eigenvalue weighted by Gasteiger charge is -1.96. The standard InChI is InChI=1S/C4H10O2S.C4H10O.C4H10.C3H7Cl.C3H7F.C3H7NO2/c1-4(2)7(3,5)6;1-4(2)5-3;1-4(2)3;2*1-3(2)4;1-3(2)4(5)6/h4H,1-3H3;4H,1-3H3;4H,1-3H3;2*3H,1-2H3;3H,1-2H3. The van der Waals surface area contributed by atoms with Gasteiger partial charge in [-0.25, -0.2) is 12.8 Å². The Bertz CT molecular complexity index is 405. The molecule has 9 heteroatoms. The largest absolute Gasteiger partial charge is 0.382 e. The number of ether oxygens (including phenoxy) is 1. The van der Waals surface area contributed by atoms with Crippen molar-refractivity contribution in [2.75, 3.05) is 13.4 Å². The summed E-state index contributed by atoms with van der Waals surface area (Å²) in [6, 6.07) is -0.426. The number of hydrogen-bond acceptors (Lipinski definition) is 5. The molecule has 30 heavy (non-hydrogen) atoms. The molecule has 0 unspecified atom stereocenters. The highest BCUT2D eigenvalue weighted by Crippen LogP contribution is 1.92. The van der Waals surface area contributed by atoms with E-state index in [1.807, 2.05) is 27.7 Å². The van der Waals surface area contributed by atoms with E-state index in [4.69, 9.17) is 16.3 Å². The predicted octanol–water partition coefficient (Wildman–Crippen LogP) is 6.81. The van der Waals surface area contributed by atoms with Crippen LogP contribution in [0.3, 0.4) is 0 Å². The molecule has 0 aliphatic carbocycles. The molecule has 6 nitrogen and oxygen atoms in total. The summed E-state index contributed by atoms with van der Waals surface area (Å²) in [5, 5.41) is 9.58. The SMILES string of the molecule is CC(C)C.CC(C)Cl.CC(C)F.CC(C)S(C)(=O)=O.CC(C)[N+](=O)[O-].COC(C)C. The second-order valence-corrected chi connectivity index (χ2v) is 11.8. The van der Waals surface area contributed by atoms with Gasteiger partial charge in [-0.2, -0.15) is 0 Å². The van der Waals surface area contributed by atoms with Gasteiger partial charge in [0.15, 0.2) is 0 Å². The molecule has 0 aromatic rings. The number of rotatable bonds is 3. The third kappa shape index (κ3) is 146. The van der Waals surface area contributed by atoms with E-state index < -0.39 is 22.1 Å². The summed E-state index contributed by atoms with van der Waals surface area (Å²) in [6.07, 6.45) is 0.951. The van der Waals surface area contributed by atoms with Crippen molar-refractivity contribution in [3.8, 4) is 0 Å². The Morgan fingerprint density at radius 1 is 0.867 bits per heavy atom. The van der Waals surface area contributed by atoms with Gasteiger partial charge in [-0.15, -0.1) is 11.6 Å². The molecule has 0 aliphatic rings. The Morgan fingerprint density at radius 3 is 0.967 bits per heavy atom. The van der Waals surface area contributed by atoms with Gasteiger partial charge in [0, 0.05) is 37.5 Å². The number of nitrogens with zero attached hydrogens (tertiary/aromatic N) is 1. The van der Waals surface area contributed by atoms with Crippen molar-refractivity contribution in [3.63, 3.8) is 0 Å². The van der Waals surface area contributed by atoms with Crippen LogP contribution in [-0.2, 0) is 14.6 Å². The van der Waals surface area contributed by atoms with Crippen LogP contribution in [0.5, 0.6) is 0 Å². The summed E-state index contributed by atoms with van der Waals surface area (Å²) in [5.41, 5.74) is 0. The average molecular weight is 484 g/mol. The van der Waals surface area contributed by atoms with Gasteiger partial charge < -0.3 is 4.74 Å². The molecule has 0 rings (SSSR count). The number of hydrogen-bond donors (Lipinski definition) is 0. The van der Waals surface area contributed by atoms with Crippen molar-refractivity contribution in [2.24, 2.45) is 5.92 Å². The molecule has 0 saturated carbocycles. The maximum Gasteiger partial charge on any atom is 0.207 e. The van der Waals surface area contributed by atoms with E-state index in [0.29, 0.717) is 11.5 Å². The molecular weight excluding hydrogens is 433 g/mol. The highest BCUT2D eigenvalue weighted by atomic mass is 35.5. The van der Waals surface area contributed by atoms with E-state index in [9.17, 15) is 22.9 Å². The summed E-state index contributed by atoms with van der Waals surface area (Å²) in [6.45, 7) is 23.8. The molecule has 0 aliphatic heterocycles.